The van der Waals surface area contributed by atoms with E-state index in [1.807, 2.05) is 18.2 Å². The van der Waals surface area contributed by atoms with Crippen molar-refractivity contribution < 1.29 is 9.72 Å². The largest absolute Gasteiger partial charge is 0.340 e. The number of carbonyl (C=O) groups is 1. The second-order valence-electron chi connectivity index (χ2n) is 5.28. The molecule has 0 aliphatic heterocycles. The van der Waals surface area contributed by atoms with Gasteiger partial charge in [-0.1, -0.05) is 29.8 Å². The molecule has 23 heavy (non-hydrogen) atoms. The van der Waals surface area contributed by atoms with Crippen molar-refractivity contribution >= 4 is 23.2 Å². The van der Waals surface area contributed by atoms with Gasteiger partial charge in [0.25, 0.3) is 0 Å². The number of benzene rings is 1. The van der Waals surface area contributed by atoms with Crippen LogP contribution in [0.4, 0.5) is 5.69 Å². The van der Waals surface area contributed by atoms with Gasteiger partial charge in [0.05, 0.1) is 4.92 Å². The van der Waals surface area contributed by atoms with E-state index >= 15 is 0 Å². The second-order valence-corrected chi connectivity index (χ2v) is 5.68. The summed E-state index contributed by atoms with van der Waals surface area (Å²) in [6.07, 6.45) is 0. The van der Waals surface area contributed by atoms with Gasteiger partial charge in [0.15, 0.2) is 0 Å². The molecule has 0 radical (unpaired) electrons. The highest BCUT2D eigenvalue weighted by atomic mass is 35.5. The van der Waals surface area contributed by atoms with Crippen LogP contribution in [0.2, 0.25) is 5.02 Å². The Morgan fingerprint density at radius 1 is 1.39 bits per heavy atom. The number of halogens is 1. The fourth-order valence-electron chi connectivity index (χ4n) is 2.32. The molecule has 0 N–H and O–H groups in total. The SMILES string of the molecule is Cc1nn(CC(=O)N(C)Cc2ccccc2Cl)c(C)c1[N+](=O)[O-]. The van der Waals surface area contributed by atoms with E-state index in [0.29, 0.717) is 23.0 Å². The van der Waals surface area contributed by atoms with Gasteiger partial charge in [-0.25, -0.2) is 0 Å². The first-order chi connectivity index (χ1) is 10.8. The summed E-state index contributed by atoms with van der Waals surface area (Å²) in [5.74, 6) is -0.203. The van der Waals surface area contributed by atoms with Crippen molar-refractivity contribution in [3.8, 4) is 0 Å². The van der Waals surface area contributed by atoms with Gasteiger partial charge in [-0.2, -0.15) is 5.10 Å². The smallest absolute Gasteiger partial charge is 0.312 e. The van der Waals surface area contributed by atoms with E-state index < -0.39 is 4.92 Å². The van der Waals surface area contributed by atoms with Crippen molar-refractivity contribution in [2.45, 2.75) is 26.9 Å². The first-order valence-electron chi connectivity index (χ1n) is 6.97. The summed E-state index contributed by atoms with van der Waals surface area (Å²) in [6.45, 7) is 3.44. The molecule has 1 aromatic carbocycles. The molecule has 7 nitrogen and oxygen atoms in total. The summed E-state index contributed by atoms with van der Waals surface area (Å²) in [5, 5.41) is 15.7. The van der Waals surface area contributed by atoms with Crippen LogP contribution in [0, 0.1) is 24.0 Å². The van der Waals surface area contributed by atoms with Crippen LogP contribution in [0.3, 0.4) is 0 Å². The molecule has 1 heterocycles. The lowest BCUT2D eigenvalue weighted by molar-refractivity contribution is -0.386. The summed E-state index contributed by atoms with van der Waals surface area (Å²) >= 11 is 6.09. The van der Waals surface area contributed by atoms with Gasteiger partial charge in [-0.05, 0) is 25.5 Å². The minimum Gasteiger partial charge on any atom is -0.340 e. The van der Waals surface area contributed by atoms with Gasteiger partial charge in [-0.15, -0.1) is 0 Å². The van der Waals surface area contributed by atoms with Crippen molar-refractivity contribution in [2.24, 2.45) is 0 Å². The Morgan fingerprint density at radius 3 is 2.61 bits per heavy atom. The molecule has 2 aromatic rings. The third-order valence-electron chi connectivity index (χ3n) is 3.60. The predicted molar refractivity (Wildman–Crippen MR) is 86.3 cm³/mol. The number of hydrogen-bond acceptors (Lipinski definition) is 4. The molecule has 122 valence electrons. The standard InChI is InChI=1S/C15H17ClN4O3/c1-10-15(20(22)23)11(2)19(17-10)9-14(21)18(3)8-12-6-4-5-7-13(12)16/h4-7H,8-9H2,1-3H3. The van der Waals surface area contributed by atoms with E-state index in [1.165, 1.54) is 9.58 Å². The maximum absolute atomic E-state index is 12.3. The molecule has 0 spiro atoms. The molecular formula is C15H17ClN4O3. The zero-order valence-corrected chi connectivity index (χ0v) is 13.9. The maximum atomic E-state index is 12.3. The number of rotatable bonds is 5. The number of likely N-dealkylation sites (N-methyl/N-ethyl adjacent to an activating group) is 1. The Morgan fingerprint density at radius 2 is 2.04 bits per heavy atom. The fourth-order valence-corrected chi connectivity index (χ4v) is 2.52. The number of aryl methyl sites for hydroxylation is 1. The number of nitro groups is 1. The first-order valence-corrected chi connectivity index (χ1v) is 7.34. The Hall–Kier alpha value is -2.41. The molecule has 0 aliphatic carbocycles. The fraction of sp³-hybridized carbons (Fsp3) is 0.333. The maximum Gasteiger partial charge on any atom is 0.312 e. The molecule has 0 saturated carbocycles. The Kier molecular flexibility index (Phi) is 5.00. The molecule has 1 aromatic heterocycles. The topological polar surface area (TPSA) is 81.3 Å². The van der Waals surface area contributed by atoms with Gasteiger partial charge >= 0.3 is 5.69 Å². The van der Waals surface area contributed by atoms with Gasteiger partial charge in [-0.3, -0.25) is 19.6 Å². The van der Waals surface area contributed by atoms with Crippen LogP contribution >= 0.6 is 11.6 Å². The molecule has 8 heteroatoms. The summed E-state index contributed by atoms with van der Waals surface area (Å²) in [4.78, 5) is 24.4. The highest BCUT2D eigenvalue weighted by molar-refractivity contribution is 6.31. The number of amides is 1. The third kappa shape index (κ3) is 3.68. The van der Waals surface area contributed by atoms with Gasteiger partial charge in [0, 0.05) is 18.6 Å². The van der Waals surface area contributed by atoms with E-state index in [0.717, 1.165) is 5.56 Å². The van der Waals surface area contributed by atoms with E-state index in [9.17, 15) is 14.9 Å². The summed E-state index contributed by atoms with van der Waals surface area (Å²) in [5.41, 5.74) is 1.46. The lowest BCUT2D eigenvalue weighted by Gasteiger charge is -2.18. The number of hydrogen-bond donors (Lipinski definition) is 0. The molecule has 0 fully saturated rings. The van der Waals surface area contributed by atoms with E-state index in [-0.39, 0.29) is 18.1 Å². The van der Waals surface area contributed by atoms with Crippen LogP contribution < -0.4 is 0 Å². The molecule has 1 amide bonds. The predicted octanol–water partition coefficient (Wildman–Crippen LogP) is 2.72. The average molecular weight is 337 g/mol. The van der Waals surface area contributed by atoms with Crippen LogP contribution in [0.15, 0.2) is 24.3 Å². The van der Waals surface area contributed by atoms with Crippen molar-refractivity contribution in [2.75, 3.05) is 7.05 Å². The molecule has 0 saturated heterocycles. The Labute approximate surface area is 138 Å². The van der Waals surface area contributed by atoms with Crippen molar-refractivity contribution in [1.82, 2.24) is 14.7 Å². The first kappa shape index (κ1) is 17.0. The molecule has 0 unspecified atom stereocenters. The lowest BCUT2D eigenvalue weighted by atomic mass is 10.2. The van der Waals surface area contributed by atoms with Gasteiger partial charge in [0.1, 0.15) is 17.9 Å². The van der Waals surface area contributed by atoms with Crippen LogP contribution in [-0.2, 0) is 17.9 Å². The van der Waals surface area contributed by atoms with E-state index in [4.69, 9.17) is 11.6 Å². The van der Waals surface area contributed by atoms with Crippen LogP contribution in [0.1, 0.15) is 17.0 Å². The van der Waals surface area contributed by atoms with Crippen LogP contribution in [-0.4, -0.2) is 32.6 Å². The van der Waals surface area contributed by atoms with E-state index in [1.54, 1.807) is 27.0 Å². The monoisotopic (exact) mass is 336 g/mol. The quantitative estimate of drug-likeness (QED) is 0.621. The molecule has 2 rings (SSSR count). The minimum absolute atomic E-state index is 0.0495. The van der Waals surface area contributed by atoms with Gasteiger partial charge in [0.2, 0.25) is 5.91 Å². The molecule has 0 aliphatic rings. The number of aromatic nitrogens is 2. The summed E-state index contributed by atoms with van der Waals surface area (Å²) in [7, 11) is 1.66. The Balaban J connectivity index is 2.12. The Bertz CT molecular complexity index is 757. The zero-order chi connectivity index (χ0) is 17.1. The normalized spacial score (nSPS) is 10.6. The number of nitrogens with zero attached hydrogens (tertiary/aromatic N) is 4. The van der Waals surface area contributed by atoms with Crippen molar-refractivity contribution in [3.05, 3.63) is 56.4 Å². The summed E-state index contributed by atoms with van der Waals surface area (Å²) < 4.78 is 1.36. The molecule has 0 bridgehead atoms. The zero-order valence-electron chi connectivity index (χ0n) is 13.1. The third-order valence-corrected chi connectivity index (χ3v) is 3.97. The minimum atomic E-state index is -0.480. The molecular weight excluding hydrogens is 320 g/mol. The highest BCUT2D eigenvalue weighted by Crippen LogP contribution is 2.22. The second kappa shape index (κ2) is 6.78. The van der Waals surface area contributed by atoms with Crippen molar-refractivity contribution in [1.29, 1.82) is 0 Å². The van der Waals surface area contributed by atoms with Crippen LogP contribution in [0.25, 0.3) is 0 Å². The molecule has 0 atom stereocenters. The number of carbonyl (C=O) groups excluding carboxylic acids is 1. The van der Waals surface area contributed by atoms with Gasteiger partial charge < -0.3 is 4.90 Å². The van der Waals surface area contributed by atoms with Crippen molar-refractivity contribution in [3.63, 3.8) is 0 Å². The summed E-state index contributed by atoms with van der Waals surface area (Å²) in [6, 6.07) is 7.28. The van der Waals surface area contributed by atoms with Crippen LogP contribution in [0.5, 0.6) is 0 Å². The van der Waals surface area contributed by atoms with E-state index in [2.05, 4.69) is 5.10 Å². The lowest BCUT2D eigenvalue weighted by Crippen LogP contribution is -2.30. The highest BCUT2D eigenvalue weighted by Gasteiger charge is 2.23. The average Bonchev–Trinajstić information content (AvgIpc) is 2.75.